The van der Waals surface area contributed by atoms with E-state index in [9.17, 15) is 4.79 Å². The third-order valence-electron chi connectivity index (χ3n) is 4.63. The fraction of sp³-hybridized carbons (Fsp3) is 0.500. The van der Waals surface area contributed by atoms with Crippen LogP contribution in [0.15, 0.2) is 18.3 Å². The van der Waals surface area contributed by atoms with Gasteiger partial charge in [0.1, 0.15) is 0 Å². The zero-order valence-corrected chi connectivity index (χ0v) is 12.8. The Bertz CT molecular complexity index is 625. The molecule has 3 heterocycles. The van der Waals surface area contributed by atoms with Crippen LogP contribution in [0.25, 0.3) is 0 Å². The fourth-order valence-electron chi connectivity index (χ4n) is 3.50. The average Bonchev–Trinajstić information content (AvgIpc) is 3.22. The van der Waals surface area contributed by atoms with Crippen molar-refractivity contribution in [1.29, 1.82) is 0 Å². The molecule has 110 valence electrons. The first kappa shape index (κ1) is 13.1. The van der Waals surface area contributed by atoms with Crippen molar-refractivity contribution in [3.05, 3.63) is 39.3 Å². The molecular weight excluding hydrogens is 282 g/mol. The van der Waals surface area contributed by atoms with Crippen LogP contribution in [-0.2, 0) is 12.8 Å². The number of H-pyrrole nitrogens is 1. The minimum atomic E-state index is 0.221. The van der Waals surface area contributed by atoms with Crippen molar-refractivity contribution in [2.45, 2.75) is 38.0 Å². The lowest BCUT2D eigenvalue weighted by atomic mass is 9.95. The molecule has 1 unspecified atom stereocenters. The van der Waals surface area contributed by atoms with E-state index in [2.05, 4.69) is 16.3 Å². The lowest BCUT2D eigenvalue weighted by Crippen LogP contribution is -2.38. The van der Waals surface area contributed by atoms with Gasteiger partial charge in [0.05, 0.1) is 4.88 Å². The van der Waals surface area contributed by atoms with E-state index in [0.717, 1.165) is 49.3 Å². The van der Waals surface area contributed by atoms with Crippen molar-refractivity contribution in [3.8, 4) is 0 Å². The van der Waals surface area contributed by atoms with E-state index in [4.69, 9.17) is 0 Å². The predicted octanol–water partition coefficient (Wildman–Crippen LogP) is 2.98. The first-order valence-electron chi connectivity index (χ1n) is 7.71. The number of piperidine rings is 1. The average molecular weight is 301 g/mol. The van der Waals surface area contributed by atoms with Gasteiger partial charge in [0.15, 0.2) is 0 Å². The molecule has 1 aliphatic heterocycles. The molecule has 5 heteroatoms. The monoisotopic (exact) mass is 301 g/mol. The van der Waals surface area contributed by atoms with Gasteiger partial charge in [-0.1, -0.05) is 0 Å². The number of likely N-dealkylation sites (tertiary alicyclic amines) is 1. The van der Waals surface area contributed by atoms with E-state index >= 15 is 0 Å². The van der Waals surface area contributed by atoms with Gasteiger partial charge in [-0.15, -0.1) is 11.3 Å². The second kappa shape index (κ2) is 5.30. The number of nitrogens with one attached hydrogen (secondary N) is 1. The maximum absolute atomic E-state index is 12.7. The summed E-state index contributed by atoms with van der Waals surface area (Å²) >= 11 is 1.71. The summed E-state index contributed by atoms with van der Waals surface area (Å²) in [6, 6.07) is 4.16. The molecule has 0 radical (unpaired) electrons. The van der Waals surface area contributed by atoms with Crippen molar-refractivity contribution in [3.63, 3.8) is 0 Å². The minimum absolute atomic E-state index is 0.221. The molecule has 1 aliphatic carbocycles. The van der Waals surface area contributed by atoms with Gasteiger partial charge in [0, 0.05) is 35.8 Å². The molecule has 0 spiro atoms. The lowest BCUT2D eigenvalue weighted by Gasteiger charge is -2.32. The van der Waals surface area contributed by atoms with Crippen LogP contribution in [0.4, 0.5) is 0 Å². The number of hydrogen-bond donors (Lipinski definition) is 1. The topological polar surface area (TPSA) is 49.0 Å². The van der Waals surface area contributed by atoms with Crippen LogP contribution in [0.5, 0.6) is 0 Å². The molecule has 4 rings (SSSR count). The van der Waals surface area contributed by atoms with Crippen molar-refractivity contribution in [2.24, 2.45) is 0 Å². The van der Waals surface area contributed by atoms with E-state index in [1.54, 1.807) is 17.5 Å². The quantitative estimate of drug-likeness (QED) is 0.927. The number of amides is 1. The van der Waals surface area contributed by atoms with E-state index in [0.29, 0.717) is 5.92 Å². The predicted molar refractivity (Wildman–Crippen MR) is 82.8 cm³/mol. The number of rotatable bonds is 2. The van der Waals surface area contributed by atoms with Gasteiger partial charge in [-0.25, -0.2) is 0 Å². The molecule has 1 amide bonds. The molecule has 0 aromatic carbocycles. The number of nitrogens with zero attached hydrogens (tertiary/aromatic N) is 2. The van der Waals surface area contributed by atoms with E-state index < -0.39 is 0 Å². The Morgan fingerprint density at radius 1 is 1.38 bits per heavy atom. The number of aryl methyl sites for hydroxylation is 2. The van der Waals surface area contributed by atoms with Crippen LogP contribution in [0.2, 0.25) is 0 Å². The molecule has 1 fully saturated rings. The molecule has 1 saturated heterocycles. The van der Waals surface area contributed by atoms with Crippen molar-refractivity contribution in [1.82, 2.24) is 15.1 Å². The van der Waals surface area contributed by atoms with Gasteiger partial charge < -0.3 is 4.90 Å². The van der Waals surface area contributed by atoms with Gasteiger partial charge in [0.25, 0.3) is 5.91 Å². The van der Waals surface area contributed by atoms with Crippen LogP contribution in [0.3, 0.4) is 0 Å². The van der Waals surface area contributed by atoms with Crippen LogP contribution in [0.1, 0.15) is 51.0 Å². The first-order chi connectivity index (χ1) is 10.3. The van der Waals surface area contributed by atoms with Crippen LogP contribution >= 0.6 is 11.3 Å². The van der Waals surface area contributed by atoms with Gasteiger partial charge >= 0.3 is 0 Å². The molecular formula is C16H19N3OS. The van der Waals surface area contributed by atoms with Gasteiger partial charge in [-0.3, -0.25) is 9.89 Å². The number of fused-ring (bicyclic) bond motifs is 1. The Morgan fingerprint density at radius 2 is 2.33 bits per heavy atom. The Labute approximate surface area is 128 Å². The second-order valence-electron chi connectivity index (χ2n) is 6.01. The third kappa shape index (κ3) is 2.39. The van der Waals surface area contributed by atoms with E-state index in [1.165, 1.54) is 16.9 Å². The summed E-state index contributed by atoms with van der Waals surface area (Å²) < 4.78 is 0. The summed E-state index contributed by atoms with van der Waals surface area (Å²) in [5.74, 6) is 0.621. The fourth-order valence-corrected chi connectivity index (χ4v) is 4.72. The van der Waals surface area contributed by atoms with E-state index in [1.807, 2.05) is 11.0 Å². The molecule has 21 heavy (non-hydrogen) atoms. The van der Waals surface area contributed by atoms with Gasteiger partial charge in [-0.2, -0.15) is 5.10 Å². The number of thiophene rings is 1. The number of carbonyl (C=O) groups excluding carboxylic acids is 1. The smallest absolute Gasteiger partial charge is 0.263 e. The summed E-state index contributed by atoms with van der Waals surface area (Å²) in [5.41, 5.74) is 2.56. The molecule has 0 saturated carbocycles. The summed E-state index contributed by atoms with van der Waals surface area (Å²) in [4.78, 5) is 17.1. The summed E-state index contributed by atoms with van der Waals surface area (Å²) in [5, 5.41) is 7.08. The molecule has 1 atom stereocenters. The zero-order chi connectivity index (χ0) is 14.2. The minimum Gasteiger partial charge on any atom is -0.337 e. The summed E-state index contributed by atoms with van der Waals surface area (Å²) in [6.07, 6.45) is 7.55. The highest BCUT2D eigenvalue weighted by atomic mass is 32.1. The molecule has 4 nitrogen and oxygen atoms in total. The number of aromatic nitrogens is 2. The maximum Gasteiger partial charge on any atom is 0.263 e. The van der Waals surface area contributed by atoms with Gasteiger partial charge in [0.2, 0.25) is 0 Å². The SMILES string of the molecule is O=C(c1cc2c(s1)CCC2)N1CCCC(c2ccn[nH]2)C1. The number of hydrogen-bond acceptors (Lipinski definition) is 3. The zero-order valence-electron chi connectivity index (χ0n) is 12.0. The van der Waals surface area contributed by atoms with Crippen molar-refractivity contribution >= 4 is 17.2 Å². The Balaban J connectivity index is 1.51. The van der Waals surface area contributed by atoms with Crippen LogP contribution in [0, 0.1) is 0 Å². The normalized spacial score (nSPS) is 21.5. The Kier molecular flexibility index (Phi) is 3.30. The van der Waals surface area contributed by atoms with Crippen molar-refractivity contribution in [2.75, 3.05) is 13.1 Å². The third-order valence-corrected chi connectivity index (χ3v) is 5.85. The van der Waals surface area contributed by atoms with Gasteiger partial charge in [-0.05, 0) is 49.8 Å². The van der Waals surface area contributed by atoms with E-state index in [-0.39, 0.29) is 5.91 Å². The molecule has 2 aromatic heterocycles. The van der Waals surface area contributed by atoms with Crippen LogP contribution < -0.4 is 0 Å². The molecule has 2 aromatic rings. The summed E-state index contributed by atoms with van der Waals surface area (Å²) in [6.45, 7) is 1.69. The number of carbonyl (C=O) groups is 1. The first-order valence-corrected chi connectivity index (χ1v) is 8.53. The molecule has 1 N–H and O–H groups in total. The highest BCUT2D eigenvalue weighted by Gasteiger charge is 2.28. The van der Waals surface area contributed by atoms with Crippen LogP contribution in [-0.4, -0.2) is 34.1 Å². The summed E-state index contributed by atoms with van der Waals surface area (Å²) in [7, 11) is 0. The number of aromatic amines is 1. The second-order valence-corrected chi connectivity index (χ2v) is 7.15. The molecule has 0 bridgehead atoms. The molecule has 2 aliphatic rings. The highest BCUT2D eigenvalue weighted by Crippen LogP contribution is 2.33. The lowest BCUT2D eigenvalue weighted by molar-refractivity contribution is 0.0710. The Hall–Kier alpha value is -1.62. The van der Waals surface area contributed by atoms with Crippen molar-refractivity contribution < 1.29 is 4.79 Å². The highest BCUT2D eigenvalue weighted by molar-refractivity contribution is 7.14. The maximum atomic E-state index is 12.7. The Morgan fingerprint density at radius 3 is 3.14 bits per heavy atom. The standard InChI is InChI=1S/C16H19N3OS/c20-16(15-9-11-3-1-5-14(11)21-15)19-8-2-4-12(10-19)13-6-7-17-18-13/h6-7,9,12H,1-5,8,10H2,(H,17,18). The largest absolute Gasteiger partial charge is 0.337 e.